The average molecular weight is 263 g/mol. The molecule has 102 valence electrons. The van der Waals surface area contributed by atoms with Crippen LogP contribution in [0.5, 0.6) is 0 Å². The Bertz CT molecular complexity index is 442. The number of nitrogens with one attached hydrogen (secondary N) is 1. The number of anilines is 1. The highest BCUT2D eigenvalue weighted by Gasteiger charge is 2.51. The summed E-state index contributed by atoms with van der Waals surface area (Å²) in [4.78, 5) is 14.5. The minimum absolute atomic E-state index is 0.335. The normalized spacial score (nSPS) is 20.1. The Kier molecular flexibility index (Phi) is 3.56. The van der Waals surface area contributed by atoms with Gasteiger partial charge in [-0.1, -0.05) is 12.1 Å². The van der Waals surface area contributed by atoms with Crippen LogP contribution in [0.3, 0.4) is 0 Å². The van der Waals surface area contributed by atoms with E-state index in [1.54, 1.807) is 12.1 Å². The SMILES string of the molecule is CC1(C)OB(c2ccc(NOC=O)cc2)OC1(C)C. The fraction of sp³-hybridized carbons (Fsp3) is 0.462. The summed E-state index contributed by atoms with van der Waals surface area (Å²) in [6.45, 7) is 8.39. The van der Waals surface area contributed by atoms with Crippen molar-refractivity contribution in [2.75, 3.05) is 5.48 Å². The molecule has 6 heteroatoms. The number of carbonyl (C=O) groups is 1. The molecule has 0 atom stereocenters. The number of benzene rings is 1. The summed E-state index contributed by atoms with van der Waals surface area (Å²) in [7, 11) is -0.383. The third-order valence-electron chi connectivity index (χ3n) is 3.66. The number of hydrogen-bond acceptors (Lipinski definition) is 5. The molecule has 0 unspecified atom stereocenters. The van der Waals surface area contributed by atoms with Crippen LogP contribution >= 0.6 is 0 Å². The minimum atomic E-state index is -0.383. The second kappa shape index (κ2) is 4.87. The molecule has 1 aliphatic heterocycles. The van der Waals surface area contributed by atoms with Crippen LogP contribution in [0, 0.1) is 0 Å². The van der Waals surface area contributed by atoms with Crippen LogP contribution in [0.2, 0.25) is 0 Å². The fourth-order valence-electron chi connectivity index (χ4n) is 1.78. The van der Waals surface area contributed by atoms with Crippen LogP contribution in [-0.2, 0) is 18.9 Å². The molecule has 1 aromatic carbocycles. The summed E-state index contributed by atoms with van der Waals surface area (Å²) >= 11 is 0. The highest BCUT2D eigenvalue weighted by Crippen LogP contribution is 2.36. The van der Waals surface area contributed by atoms with Crippen LogP contribution in [-0.4, -0.2) is 24.8 Å². The van der Waals surface area contributed by atoms with Crippen molar-refractivity contribution in [2.24, 2.45) is 0 Å². The summed E-state index contributed by atoms with van der Waals surface area (Å²) in [5, 5.41) is 0. The summed E-state index contributed by atoms with van der Waals surface area (Å²) in [5.74, 6) is 0. The summed E-state index contributed by atoms with van der Waals surface area (Å²) in [5.41, 5.74) is 3.40. The summed E-state index contributed by atoms with van der Waals surface area (Å²) < 4.78 is 11.9. The molecule has 1 N–H and O–H groups in total. The van der Waals surface area contributed by atoms with Crippen molar-refractivity contribution in [3.8, 4) is 0 Å². The standard InChI is InChI=1S/C13H18BNO4/c1-12(2)13(3,4)19-14(18-12)10-5-7-11(8-6-10)15-17-9-16/h5-9,15H,1-4H3. The minimum Gasteiger partial charge on any atom is -0.399 e. The Morgan fingerprint density at radius 1 is 1.11 bits per heavy atom. The van der Waals surface area contributed by atoms with E-state index in [1.165, 1.54) is 0 Å². The second-order valence-corrected chi connectivity index (χ2v) is 5.53. The summed E-state index contributed by atoms with van der Waals surface area (Å²) in [6, 6.07) is 7.34. The predicted molar refractivity (Wildman–Crippen MR) is 72.9 cm³/mol. The molecule has 0 amide bonds. The molecule has 0 aliphatic carbocycles. The first-order valence-corrected chi connectivity index (χ1v) is 6.17. The van der Waals surface area contributed by atoms with Crippen LogP contribution in [0.15, 0.2) is 24.3 Å². The Morgan fingerprint density at radius 3 is 2.11 bits per heavy atom. The van der Waals surface area contributed by atoms with E-state index in [-0.39, 0.29) is 18.3 Å². The molecule has 1 fully saturated rings. The average Bonchev–Trinajstić information content (AvgIpc) is 2.56. The molecule has 0 spiro atoms. The Morgan fingerprint density at radius 2 is 1.63 bits per heavy atom. The first-order valence-electron chi connectivity index (χ1n) is 6.17. The highest BCUT2D eigenvalue weighted by molar-refractivity contribution is 6.62. The van der Waals surface area contributed by atoms with Crippen molar-refractivity contribution >= 4 is 24.7 Å². The van der Waals surface area contributed by atoms with Gasteiger partial charge < -0.3 is 14.1 Å². The first-order chi connectivity index (χ1) is 8.86. The van der Waals surface area contributed by atoms with Gasteiger partial charge in [-0.25, -0.2) is 5.48 Å². The van der Waals surface area contributed by atoms with Gasteiger partial charge in [0.1, 0.15) is 0 Å². The highest BCUT2D eigenvalue weighted by atomic mass is 16.7. The lowest BCUT2D eigenvalue weighted by atomic mass is 9.79. The first kappa shape index (κ1) is 13.9. The molecular formula is C13H18BNO4. The molecule has 0 radical (unpaired) electrons. The predicted octanol–water partition coefficient (Wildman–Crippen LogP) is 1.49. The van der Waals surface area contributed by atoms with E-state index in [9.17, 15) is 4.79 Å². The van der Waals surface area contributed by atoms with Crippen LogP contribution < -0.4 is 10.9 Å². The Hall–Kier alpha value is -1.53. The van der Waals surface area contributed by atoms with Crippen molar-refractivity contribution in [3.63, 3.8) is 0 Å². The molecular weight excluding hydrogens is 245 g/mol. The van der Waals surface area contributed by atoms with Gasteiger partial charge in [0.05, 0.1) is 16.9 Å². The lowest BCUT2D eigenvalue weighted by Gasteiger charge is -2.32. The molecule has 1 saturated heterocycles. The maximum Gasteiger partial charge on any atom is 0.494 e. The third kappa shape index (κ3) is 2.74. The third-order valence-corrected chi connectivity index (χ3v) is 3.66. The zero-order valence-corrected chi connectivity index (χ0v) is 11.6. The van der Waals surface area contributed by atoms with Gasteiger partial charge in [0.25, 0.3) is 0 Å². The second-order valence-electron chi connectivity index (χ2n) is 5.53. The van der Waals surface area contributed by atoms with E-state index < -0.39 is 0 Å². The van der Waals surface area contributed by atoms with Crippen LogP contribution in [0.1, 0.15) is 27.7 Å². The van der Waals surface area contributed by atoms with Crippen molar-refractivity contribution < 1.29 is 18.9 Å². The Balaban J connectivity index is 2.10. The molecule has 0 bridgehead atoms. The molecule has 2 rings (SSSR count). The maximum atomic E-state index is 10.1. The lowest BCUT2D eigenvalue weighted by Crippen LogP contribution is -2.41. The van der Waals surface area contributed by atoms with Crippen molar-refractivity contribution in [1.82, 2.24) is 0 Å². The van der Waals surface area contributed by atoms with Gasteiger partial charge in [-0.15, -0.1) is 0 Å². The van der Waals surface area contributed by atoms with Crippen LogP contribution in [0.25, 0.3) is 0 Å². The van der Waals surface area contributed by atoms with E-state index in [0.29, 0.717) is 12.2 Å². The fourth-order valence-corrected chi connectivity index (χ4v) is 1.78. The number of rotatable bonds is 4. The van der Waals surface area contributed by atoms with E-state index in [1.807, 2.05) is 39.8 Å². The topological polar surface area (TPSA) is 56.8 Å². The number of hydrogen-bond donors (Lipinski definition) is 1. The smallest absolute Gasteiger partial charge is 0.399 e. The van der Waals surface area contributed by atoms with Gasteiger partial charge in [-0.2, -0.15) is 0 Å². The zero-order valence-electron chi connectivity index (χ0n) is 11.6. The van der Waals surface area contributed by atoms with Crippen LogP contribution in [0.4, 0.5) is 5.69 Å². The van der Waals surface area contributed by atoms with E-state index in [4.69, 9.17) is 9.31 Å². The van der Waals surface area contributed by atoms with E-state index >= 15 is 0 Å². The van der Waals surface area contributed by atoms with E-state index in [2.05, 4.69) is 10.3 Å². The van der Waals surface area contributed by atoms with Gasteiger partial charge in [-0.3, -0.25) is 4.79 Å². The molecule has 1 aromatic rings. The summed E-state index contributed by atoms with van der Waals surface area (Å²) in [6.07, 6.45) is 0. The Labute approximate surface area is 113 Å². The van der Waals surface area contributed by atoms with Gasteiger partial charge in [0.15, 0.2) is 0 Å². The lowest BCUT2D eigenvalue weighted by molar-refractivity contribution is -0.126. The molecule has 5 nitrogen and oxygen atoms in total. The van der Waals surface area contributed by atoms with Gasteiger partial charge >= 0.3 is 13.6 Å². The van der Waals surface area contributed by atoms with Gasteiger partial charge in [0.2, 0.25) is 0 Å². The van der Waals surface area contributed by atoms with Crippen molar-refractivity contribution in [1.29, 1.82) is 0 Å². The molecule has 0 saturated carbocycles. The van der Waals surface area contributed by atoms with Crippen molar-refractivity contribution in [2.45, 2.75) is 38.9 Å². The monoisotopic (exact) mass is 263 g/mol. The quantitative estimate of drug-likeness (QED) is 0.506. The molecule has 1 heterocycles. The molecule has 19 heavy (non-hydrogen) atoms. The van der Waals surface area contributed by atoms with E-state index in [0.717, 1.165) is 5.46 Å². The van der Waals surface area contributed by atoms with Gasteiger partial charge in [0, 0.05) is 0 Å². The van der Waals surface area contributed by atoms with Crippen molar-refractivity contribution in [3.05, 3.63) is 24.3 Å². The largest absolute Gasteiger partial charge is 0.494 e. The molecule has 0 aromatic heterocycles. The zero-order chi connectivity index (χ0) is 14.1. The number of carbonyl (C=O) groups excluding carboxylic acids is 1. The molecule has 1 aliphatic rings. The maximum absolute atomic E-state index is 10.1. The van der Waals surface area contributed by atoms with Gasteiger partial charge in [-0.05, 0) is 45.3 Å².